The van der Waals surface area contributed by atoms with Gasteiger partial charge in [-0.05, 0) is 58.5 Å². The van der Waals surface area contributed by atoms with E-state index in [0.29, 0.717) is 0 Å². The number of likely N-dealkylation sites (tertiary alicyclic amines) is 2. The van der Waals surface area contributed by atoms with Crippen LogP contribution in [-0.2, 0) is 4.74 Å². The van der Waals surface area contributed by atoms with Crippen molar-refractivity contribution in [1.82, 2.24) is 9.80 Å². The number of aliphatic hydroxyl groups excluding tert-OH is 1. The standard InChI is InChI=1S/C15H28N2O3/c1-14(2,3)20-13(19)17-9-6-15(12-17)4-7-16(8-5-15)10-11-18/h18H,4-12H2,1-3H3. The molecular formula is C15H28N2O3. The van der Waals surface area contributed by atoms with Gasteiger partial charge in [-0.25, -0.2) is 4.79 Å². The molecule has 2 heterocycles. The van der Waals surface area contributed by atoms with Crippen molar-refractivity contribution in [1.29, 1.82) is 0 Å². The zero-order valence-corrected chi connectivity index (χ0v) is 13.0. The highest BCUT2D eigenvalue weighted by molar-refractivity contribution is 5.68. The van der Waals surface area contributed by atoms with E-state index in [2.05, 4.69) is 4.90 Å². The maximum atomic E-state index is 12.1. The van der Waals surface area contributed by atoms with Crippen LogP contribution in [0.15, 0.2) is 0 Å². The molecule has 0 atom stereocenters. The molecule has 1 N–H and O–H groups in total. The minimum atomic E-state index is -0.419. The number of nitrogens with zero attached hydrogens (tertiary/aromatic N) is 2. The second-order valence-electron chi connectivity index (χ2n) is 7.22. The summed E-state index contributed by atoms with van der Waals surface area (Å²) in [6.45, 7) is 10.4. The van der Waals surface area contributed by atoms with Gasteiger partial charge in [-0.1, -0.05) is 0 Å². The van der Waals surface area contributed by atoms with Crippen LogP contribution in [-0.4, -0.2) is 65.9 Å². The SMILES string of the molecule is CC(C)(C)OC(=O)N1CCC2(CCN(CCO)CC2)C1. The maximum absolute atomic E-state index is 12.1. The quantitative estimate of drug-likeness (QED) is 0.838. The summed E-state index contributed by atoms with van der Waals surface area (Å²) >= 11 is 0. The van der Waals surface area contributed by atoms with Gasteiger partial charge in [-0.15, -0.1) is 0 Å². The van der Waals surface area contributed by atoms with Crippen LogP contribution in [0.2, 0.25) is 0 Å². The first-order valence-electron chi connectivity index (χ1n) is 7.65. The Balaban J connectivity index is 1.85. The lowest BCUT2D eigenvalue weighted by Gasteiger charge is -2.39. The minimum Gasteiger partial charge on any atom is -0.444 e. The van der Waals surface area contributed by atoms with Crippen molar-refractivity contribution in [2.75, 3.05) is 39.3 Å². The van der Waals surface area contributed by atoms with Crippen LogP contribution in [0.25, 0.3) is 0 Å². The minimum absolute atomic E-state index is 0.174. The Morgan fingerprint density at radius 1 is 1.20 bits per heavy atom. The molecule has 5 nitrogen and oxygen atoms in total. The highest BCUT2D eigenvalue weighted by Gasteiger charge is 2.42. The Morgan fingerprint density at radius 2 is 1.80 bits per heavy atom. The Hall–Kier alpha value is -0.810. The van der Waals surface area contributed by atoms with Gasteiger partial charge in [-0.2, -0.15) is 0 Å². The number of ether oxygens (including phenoxy) is 1. The van der Waals surface area contributed by atoms with E-state index in [0.717, 1.165) is 52.0 Å². The zero-order chi connectivity index (χ0) is 14.8. The second-order valence-corrected chi connectivity index (χ2v) is 7.22. The van der Waals surface area contributed by atoms with Crippen molar-refractivity contribution in [2.45, 2.75) is 45.6 Å². The smallest absolute Gasteiger partial charge is 0.410 e. The van der Waals surface area contributed by atoms with Crippen molar-refractivity contribution in [3.63, 3.8) is 0 Å². The molecular weight excluding hydrogens is 256 g/mol. The Bertz CT molecular complexity index is 344. The van der Waals surface area contributed by atoms with E-state index in [9.17, 15) is 4.79 Å². The number of amides is 1. The molecule has 2 saturated heterocycles. The molecule has 1 amide bonds. The van der Waals surface area contributed by atoms with Crippen molar-refractivity contribution < 1.29 is 14.6 Å². The lowest BCUT2D eigenvalue weighted by atomic mass is 9.78. The summed E-state index contributed by atoms with van der Waals surface area (Å²) in [4.78, 5) is 16.3. The van der Waals surface area contributed by atoms with Crippen LogP contribution in [0, 0.1) is 5.41 Å². The first-order chi connectivity index (χ1) is 9.34. The fourth-order valence-corrected chi connectivity index (χ4v) is 3.22. The average Bonchev–Trinajstić information content (AvgIpc) is 2.75. The number of hydrogen-bond acceptors (Lipinski definition) is 4. The number of aliphatic hydroxyl groups is 1. The third-order valence-corrected chi connectivity index (χ3v) is 4.42. The fourth-order valence-electron chi connectivity index (χ4n) is 3.22. The van der Waals surface area contributed by atoms with E-state index in [-0.39, 0.29) is 18.1 Å². The van der Waals surface area contributed by atoms with E-state index in [1.165, 1.54) is 0 Å². The first-order valence-corrected chi connectivity index (χ1v) is 7.65. The van der Waals surface area contributed by atoms with Gasteiger partial charge in [0.2, 0.25) is 0 Å². The van der Waals surface area contributed by atoms with Crippen LogP contribution in [0.4, 0.5) is 4.79 Å². The van der Waals surface area contributed by atoms with Gasteiger partial charge in [0.25, 0.3) is 0 Å². The van der Waals surface area contributed by atoms with Gasteiger partial charge in [0, 0.05) is 19.6 Å². The molecule has 0 unspecified atom stereocenters. The molecule has 0 radical (unpaired) electrons. The highest BCUT2D eigenvalue weighted by atomic mass is 16.6. The van der Waals surface area contributed by atoms with Gasteiger partial charge in [0.15, 0.2) is 0 Å². The molecule has 0 aromatic carbocycles. The molecule has 0 aliphatic carbocycles. The molecule has 1 spiro atoms. The summed E-state index contributed by atoms with van der Waals surface area (Å²) in [6, 6.07) is 0. The first kappa shape index (κ1) is 15.6. The normalized spacial score (nSPS) is 23.3. The molecule has 0 aromatic rings. The summed E-state index contributed by atoms with van der Waals surface area (Å²) < 4.78 is 5.46. The summed E-state index contributed by atoms with van der Waals surface area (Å²) in [5.74, 6) is 0. The third-order valence-electron chi connectivity index (χ3n) is 4.42. The largest absolute Gasteiger partial charge is 0.444 e. The predicted octanol–water partition coefficient (Wildman–Crippen LogP) is 1.70. The van der Waals surface area contributed by atoms with E-state index in [1.807, 2.05) is 25.7 Å². The van der Waals surface area contributed by atoms with E-state index < -0.39 is 5.60 Å². The van der Waals surface area contributed by atoms with Crippen LogP contribution in [0.5, 0.6) is 0 Å². The number of carbonyl (C=O) groups is 1. The monoisotopic (exact) mass is 284 g/mol. The van der Waals surface area contributed by atoms with Gasteiger partial charge in [0.1, 0.15) is 5.60 Å². The zero-order valence-electron chi connectivity index (χ0n) is 13.0. The molecule has 2 rings (SSSR count). The van der Waals surface area contributed by atoms with E-state index in [1.54, 1.807) is 0 Å². The van der Waals surface area contributed by atoms with Gasteiger partial charge >= 0.3 is 6.09 Å². The van der Waals surface area contributed by atoms with Crippen LogP contribution in [0.1, 0.15) is 40.0 Å². The molecule has 0 saturated carbocycles. The van der Waals surface area contributed by atoms with Crippen LogP contribution >= 0.6 is 0 Å². The van der Waals surface area contributed by atoms with Crippen molar-refractivity contribution >= 4 is 6.09 Å². The summed E-state index contributed by atoms with van der Waals surface area (Å²) in [6.07, 6.45) is 3.14. The Morgan fingerprint density at radius 3 is 2.35 bits per heavy atom. The predicted molar refractivity (Wildman–Crippen MR) is 77.6 cm³/mol. The molecule has 5 heteroatoms. The van der Waals surface area contributed by atoms with E-state index in [4.69, 9.17) is 9.84 Å². The number of hydrogen-bond donors (Lipinski definition) is 1. The highest BCUT2D eigenvalue weighted by Crippen LogP contribution is 2.40. The number of β-amino-alcohol motifs (C(OH)–C–C–N with tert-alkyl or cyclic N) is 1. The fraction of sp³-hybridized carbons (Fsp3) is 0.933. The third kappa shape index (κ3) is 3.85. The summed E-state index contributed by atoms with van der Waals surface area (Å²) in [5.41, 5.74) is -0.139. The molecule has 0 bridgehead atoms. The number of piperidine rings is 1. The Kier molecular flexibility index (Phi) is 4.59. The molecule has 2 aliphatic rings. The summed E-state index contributed by atoms with van der Waals surface area (Å²) in [7, 11) is 0. The number of carbonyl (C=O) groups excluding carboxylic acids is 1. The molecule has 20 heavy (non-hydrogen) atoms. The molecule has 0 aromatic heterocycles. The topological polar surface area (TPSA) is 53.0 Å². The van der Waals surface area contributed by atoms with Crippen LogP contribution in [0.3, 0.4) is 0 Å². The lowest BCUT2D eigenvalue weighted by Crippen LogP contribution is -2.43. The van der Waals surface area contributed by atoms with Gasteiger partial charge in [-0.3, -0.25) is 0 Å². The van der Waals surface area contributed by atoms with Crippen molar-refractivity contribution in [3.8, 4) is 0 Å². The molecule has 2 aliphatic heterocycles. The lowest BCUT2D eigenvalue weighted by molar-refractivity contribution is 0.0244. The van der Waals surface area contributed by atoms with Crippen molar-refractivity contribution in [3.05, 3.63) is 0 Å². The van der Waals surface area contributed by atoms with Gasteiger partial charge in [0.05, 0.1) is 6.61 Å². The van der Waals surface area contributed by atoms with Crippen molar-refractivity contribution in [2.24, 2.45) is 5.41 Å². The van der Waals surface area contributed by atoms with Gasteiger partial charge < -0.3 is 19.6 Å². The number of rotatable bonds is 2. The summed E-state index contributed by atoms with van der Waals surface area (Å²) in [5, 5.41) is 8.99. The van der Waals surface area contributed by atoms with E-state index >= 15 is 0 Å². The molecule has 2 fully saturated rings. The maximum Gasteiger partial charge on any atom is 0.410 e. The average molecular weight is 284 g/mol. The second kappa shape index (κ2) is 5.90. The molecule has 116 valence electrons. The van der Waals surface area contributed by atoms with Crippen LogP contribution < -0.4 is 0 Å². The Labute approximate surface area is 121 Å².